The van der Waals surface area contributed by atoms with Crippen molar-refractivity contribution in [3.05, 3.63) is 29.3 Å². The van der Waals surface area contributed by atoms with Gasteiger partial charge in [0, 0.05) is 12.8 Å². The second-order valence-electron chi connectivity index (χ2n) is 3.69. The molecule has 1 aromatic carbocycles. The van der Waals surface area contributed by atoms with Crippen molar-refractivity contribution >= 4 is 11.6 Å². The lowest BCUT2D eigenvalue weighted by atomic mass is 10.1. The fraction of sp³-hybridized carbons (Fsp3) is 0.417. The summed E-state index contributed by atoms with van der Waals surface area (Å²) in [6.45, 7) is 5.68. The Balaban J connectivity index is 2.80. The van der Waals surface area contributed by atoms with E-state index < -0.39 is 6.10 Å². The second kappa shape index (κ2) is 4.94. The molecule has 3 heteroatoms. The predicted molar refractivity (Wildman–Crippen MR) is 61.0 cm³/mol. The van der Waals surface area contributed by atoms with Crippen LogP contribution in [0.3, 0.4) is 0 Å². The maximum absolute atomic E-state index is 11.6. The predicted octanol–water partition coefficient (Wildman–Crippen LogP) is 2.28. The van der Waals surface area contributed by atoms with Gasteiger partial charge in [-0.2, -0.15) is 0 Å². The van der Waals surface area contributed by atoms with Crippen molar-refractivity contribution < 1.29 is 9.53 Å². The fourth-order valence-electron chi connectivity index (χ4n) is 1.21. The molecule has 0 fully saturated rings. The lowest BCUT2D eigenvalue weighted by Gasteiger charge is -2.12. The first-order valence-electron chi connectivity index (χ1n) is 4.95. The number of ether oxygens (including phenoxy) is 1. The highest BCUT2D eigenvalue weighted by Crippen LogP contribution is 2.16. The van der Waals surface area contributed by atoms with E-state index in [1.807, 2.05) is 32.0 Å². The molecule has 0 heterocycles. The number of aryl methyl sites for hydroxylation is 2. The van der Waals surface area contributed by atoms with E-state index in [0.717, 1.165) is 16.8 Å². The van der Waals surface area contributed by atoms with E-state index in [4.69, 9.17) is 4.74 Å². The molecule has 15 heavy (non-hydrogen) atoms. The second-order valence-corrected chi connectivity index (χ2v) is 3.69. The van der Waals surface area contributed by atoms with E-state index in [0.29, 0.717) is 0 Å². The largest absolute Gasteiger partial charge is 0.372 e. The Morgan fingerprint density at radius 3 is 2.67 bits per heavy atom. The molecule has 0 saturated heterocycles. The highest BCUT2D eigenvalue weighted by molar-refractivity contribution is 5.94. The molecule has 0 radical (unpaired) electrons. The number of nitrogens with one attached hydrogen (secondary N) is 1. The van der Waals surface area contributed by atoms with Crippen LogP contribution in [0.2, 0.25) is 0 Å². The Bertz CT molecular complexity index is 361. The topological polar surface area (TPSA) is 38.3 Å². The first-order chi connectivity index (χ1) is 7.04. The Hall–Kier alpha value is -1.35. The molecule has 1 amide bonds. The van der Waals surface area contributed by atoms with E-state index in [1.54, 1.807) is 6.92 Å². The normalized spacial score (nSPS) is 12.3. The molecule has 1 N–H and O–H groups in total. The first kappa shape index (κ1) is 11.7. The molecule has 1 unspecified atom stereocenters. The zero-order valence-corrected chi connectivity index (χ0v) is 9.63. The zero-order valence-electron chi connectivity index (χ0n) is 9.63. The maximum atomic E-state index is 11.6. The summed E-state index contributed by atoms with van der Waals surface area (Å²) in [6.07, 6.45) is -0.426. The zero-order chi connectivity index (χ0) is 11.4. The average Bonchev–Trinajstić information content (AvgIpc) is 2.22. The van der Waals surface area contributed by atoms with Crippen molar-refractivity contribution in [2.75, 3.05) is 12.4 Å². The van der Waals surface area contributed by atoms with Gasteiger partial charge in [-0.25, -0.2) is 0 Å². The summed E-state index contributed by atoms with van der Waals surface area (Å²) in [7, 11) is 1.52. The molecule has 0 aliphatic rings. The highest BCUT2D eigenvalue weighted by Gasteiger charge is 2.12. The molecule has 0 aromatic heterocycles. The van der Waals surface area contributed by atoms with Crippen LogP contribution in [0.25, 0.3) is 0 Å². The van der Waals surface area contributed by atoms with Crippen molar-refractivity contribution in [2.45, 2.75) is 26.9 Å². The molecule has 0 bridgehead atoms. The summed E-state index contributed by atoms with van der Waals surface area (Å²) in [5.74, 6) is -0.119. The van der Waals surface area contributed by atoms with Crippen LogP contribution in [0.1, 0.15) is 18.1 Å². The first-order valence-corrected chi connectivity index (χ1v) is 4.95. The monoisotopic (exact) mass is 207 g/mol. The van der Waals surface area contributed by atoms with E-state index in [1.165, 1.54) is 7.11 Å². The lowest BCUT2D eigenvalue weighted by molar-refractivity contribution is -0.124. The van der Waals surface area contributed by atoms with Gasteiger partial charge in [0.2, 0.25) is 0 Å². The number of methoxy groups -OCH3 is 1. The third kappa shape index (κ3) is 3.06. The number of carbonyl (C=O) groups excluding carboxylic acids is 1. The summed E-state index contributed by atoms with van der Waals surface area (Å²) in [6, 6.07) is 5.96. The van der Waals surface area contributed by atoms with Crippen molar-refractivity contribution in [3.63, 3.8) is 0 Å². The molecular weight excluding hydrogens is 190 g/mol. The Kier molecular flexibility index (Phi) is 3.86. The van der Waals surface area contributed by atoms with Gasteiger partial charge in [-0.05, 0) is 38.0 Å². The third-order valence-corrected chi connectivity index (χ3v) is 2.37. The summed E-state index contributed by atoms with van der Waals surface area (Å²) in [5.41, 5.74) is 3.03. The molecule has 3 nitrogen and oxygen atoms in total. The van der Waals surface area contributed by atoms with Crippen molar-refractivity contribution in [1.82, 2.24) is 0 Å². The summed E-state index contributed by atoms with van der Waals surface area (Å²) in [4.78, 5) is 11.6. The van der Waals surface area contributed by atoms with Crippen LogP contribution in [0.15, 0.2) is 18.2 Å². The minimum Gasteiger partial charge on any atom is -0.372 e. The fourth-order valence-corrected chi connectivity index (χ4v) is 1.21. The highest BCUT2D eigenvalue weighted by atomic mass is 16.5. The molecular formula is C12H17NO2. The molecule has 1 atom stereocenters. The quantitative estimate of drug-likeness (QED) is 0.825. The molecule has 0 saturated carbocycles. The number of hydrogen-bond acceptors (Lipinski definition) is 2. The van der Waals surface area contributed by atoms with Gasteiger partial charge in [0.25, 0.3) is 5.91 Å². The van der Waals surface area contributed by atoms with Gasteiger partial charge in [-0.1, -0.05) is 12.1 Å². The molecule has 0 aliphatic heterocycles. The van der Waals surface area contributed by atoms with Gasteiger partial charge < -0.3 is 10.1 Å². The molecule has 0 spiro atoms. The van der Waals surface area contributed by atoms with E-state index >= 15 is 0 Å². The summed E-state index contributed by atoms with van der Waals surface area (Å²) >= 11 is 0. The Labute approximate surface area is 90.4 Å². The van der Waals surface area contributed by atoms with Gasteiger partial charge >= 0.3 is 0 Å². The number of amides is 1. The minimum atomic E-state index is -0.426. The lowest BCUT2D eigenvalue weighted by Crippen LogP contribution is -2.26. The van der Waals surface area contributed by atoms with E-state index in [2.05, 4.69) is 5.32 Å². The molecule has 0 aliphatic carbocycles. The molecule has 1 rings (SSSR count). The summed E-state index contributed by atoms with van der Waals surface area (Å²) < 4.78 is 4.94. The van der Waals surface area contributed by atoms with Crippen LogP contribution in [-0.2, 0) is 9.53 Å². The van der Waals surface area contributed by atoms with E-state index in [9.17, 15) is 4.79 Å². The van der Waals surface area contributed by atoms with Crippen LogP contribution >= 0.6 is 0 Å². The van der Waals surface area contributed by atoms with Gasteiger partial charge in [-0.3, -0.25) is 4.79 Å². The van der Waals surface area contributed by atoms with E-state index in [-0.39, 0.29) is 5.91 Å². The van der Waals surface area contributed by atoms with Crippen LogP contribution in [-0.4, -0.2) is 19.1 Å². The Morgan fingerprint density at radius 2 is 2.07 bits per heavy atom. The number of carbonyl (C=O) groups is 1. The number of benzene rings is 1. The number of rotatable bonds is 3. The van der Waals surface area contributed by atoms with Gasteiger partial charge in [0.1, 0.15) is 6.10 Å². The van der Waals surface area contributed by atoms with Crippen LogP contribution in [0.4, 0.5) is 5.69 Å². The van der Waals surface area contributed by atoms with Gasteiger partial charge in [0.05, 0.1) is 0 Å². The SMILES string of the molecule is COC(C)C(=O)Nc1cc(C)ccc1C. The molecule has 82 valence electrons. The average molecular weight is 207 g/mol. The summed E-state index contributed by atoms with van der Waals surface area (Å²) in [5, 5.41) is 2.84. The number of anilines is 1. The smallest absolute Gasteiger partial charge is 0.253 e. The van der Waals surface area contributed by atoms with Crippen molar-refractivity contribution in [3.8, 4) is 0 Å². The molecule has 1 aromatic rings. The van der Waals surface area contributed by atoms with Crippen LogP contribution in [0, 0.1) is 13.8 Å². The van der Waals surface area contributed by atoms with Gasteiger partial charge in [0.15, 0.2) is 0 Å². The van der Waals surface area contributed by atoms with Crippen molar-refractivity contribution in [1.29, 1.82) is 0 Å². The van der Waals surface area contributed by atoms with Crippen molar-refractivity contribution in [2.24, 2.45) is 0 Å². The minimum absolute atomic E-state index is 0.119. The van der Waals surface area contributed by atoms with Crippen LogP contribution < -0.4 is 5.32 Å². The van der Waals surface area contributed by atoms with Gasteiger partial charge in [-0.15, -0.1) is 0 Å². The number of hydrogen-bond donors (Lipinski definition) is 1. The Morgan fingerprint density at radius 1 is 1.40 bits per heavy atom. The third-order valence-electron chi connectivity index (χ3n) is 2.37. The van der Waals surface area contributed by atoms with Crippen LogP contribution in [0.5, 0.6) is 0 Å². The maximum Gasteiger partial charge on any atom is 0.253 e. The standard InChI is InChI=1S/C12H17NO2/c1-8-5-6-9(2)11(7-8)13-12(14)10(3)15-4/h5-7,10H,1-4H3,(H,13,14).